The van der Waals surface area contributed by atoms with Gasteiger partial charge in [-0.3, -0.25) is 9.89 Å². The first kappa shape index (κ1) is 24.3. The molecule has 1 atom stereocenters. The molecule has 0 aliphatic carbocycles. The third kappa shape index (κ3) is 6.59. The van der Waals surface area contributed by atoms with Crippen LogP contribution in [-0.2, 0) is 6.42 Å². The van der Waals surface area contributed by atoms with Crippen molar-refractivity contribution >= 4 is 29.9 Å². The van der Waals surface area contributed by atoms with Crippen LogP contribution in [-0.4, -0.2) is 53.4 Å². The molecular formula is C24H33IN6O. The first-order valence-electron chi connectivity index (χ1n) is 11.2. The Hall–Kier alpha value is -2.33. The Bertz CT molecular complexity index is 918. The summed E-state index contributed by atoms with van der Waals surface area (Å²) >= 11 is 0. The highest BCUT2D eigenvalue weighted by Gasteiger charge is 2.25. The summed E-state index contributed by atoms with van der Waals surface area (Å²) in [7, 11) is 0. The van der Waals surface area contributed by atoms with E-state index in [0.29, 0.717) is 6.54 Å². The van der Waals surface area contributed by atoms with Gasteiger partial charge in [-0.05, 0) is 75.2 Å². The molecule has 1 aliphatic rings. The fourth-order valence-electron chi connectivity index (χ4n) is 4.00. The van der Waals surface area contributed by atoms with E-state index in [0.717, 1.165) is 50.0 Å². The number of hydrogen-bond donors (Lipinski definition) is 2. The summed E-state index contributed by atoms with van der Waals surface area (Å²) in [6.45, 7) is 6.65. The lowest BCUT2D eigenvalue weighted by atomic mass is 10.1. The quantitative estimate of drug-likeness (QED) is 0.240. The molecule has 8 heteroatoms. The van der Waals surface area contributed by atoms with E-state index >= 15 is 0 Å². The number of halogens is 1. The Morgan fingerprint density at radius 2 is 1.94 bits per heavy atom. The van der Waals surface area contributed by atoms with Crippen molar-refractivity contribution in [2.75, 3.05) is 32.7 Å². The molecule has 4 rings (SSSR count). The number of aromatic nitrogens is 2. The topological polar surface area (TPSA) is 70.6 Å². The molecule has 1 aliphatic heterocycles. The molecule has 1 fully saturated rings. The minimum absolute atomic E-state index is 0. The molecule has 0 amide bonds. The zero-order valence-corrected chi connectivity index (χ0v) is 20.9. The van der Waals surface area contributed by atoms with Crippen molar-refractivity contribution in [3.63, 3.8) is 0 Å². The second kappa shape index (κ2) is 12.6. The molecule has 0 bridgehead atoms. The van der Waals surface area contributed by atoms with E-state index < -0.39 is 0 Å². The minimum atomic E-state index is 0. The molecule has 0 saturated carbocycles. The molecular weight excluding hydrogens is 515 g/mol. The molecule has 1 unspecified atom stereocenters. The maximum absolute atomic E-state index is 5.72. The van der Waals surface area contributed by atoms with Crippen LogP contribution < -0.4 is 10.6 Å². The summed E-state index contributed by atoms with van der Waals surface area (Å²) in [5.41, 5.74) is 2.35. The largest absolute Gasteiger partial charge is 0.468 e. The third-order valence-electron chi connectivity index (χ3n) is 5.63. The Morgan fingerprint density at radius 1 is 1.12 bits per heavy atom. The SMILES string of the molecule is CCNC(=NCC(c1ccco1)N1CCCC1)NCCc1ccc(-n2cccn2)cc1.I. The van der Waals surface area contributed by atoms with Gasteiger partial charge in [0.2, 0.25) is 0 Å². The molecule has 1 saturated heterocycles. The van der Waals surface area contributed by atoms with Gasteiger partial charge in [-0.1, -0.05) is 12.1 Å². The molecule has 172 valence electrons. The van der Waals surface area contributed by atoms with Crippen molar-refractivity contribution in [3.05, 3.63) is 72.4 Å². The van der Waals surface area contributed by atoms with Gasteiger partial charge in [0.15, 0.2) is 5.96 Å². The van der Waals surface area contributed by atoms with Gasteiger partial charge in [-0.2, -0.15) is 5.10 Å². The van der Waals surface area contributed by atoms with E-state index in [1.165, 1.54) is 18.4 Å². The van der Waals surface area contributed by atoms with Crippen LogP contribution in [0.5, 0.6) is 0 Å². The number of aliphatic imine (C=N–C) groups is 1. The Morgan fingerprint density at radius 3 is 2.59 bits per heavy atom. The van der Waals surface area contributed by atoms with Gasteiger partial charge in [-0.25, -0.2) is 4.68 Å². The van der Waals surface area contributed by atoms with Gasteiger partial charge < -0.3 is 15.1 Å². The first-order chi connectivity index (χ1) is 15.3. The molecule has 0 radical (unpaired) electrons. The average molecular weight is 548 g/mol. The maximum atomic E-state index is 5.72. The van der Waals surface area contributed by atoms with Crippen LogP contribution in [0.4, 0.5) is 0 Å². The van der Waals surface area contributed by atoms with Crippen LogP contribution in [0, 0.1) is 0 Å². The minimum Gasteiger partial charge on any atom is -0.468 e. The van der Waals surface area contributed by atoms with Crippen LogP contribution >= 0.6 is 24.0 Å². The number of benzene rings is 1. The fourth-order valence-corrected chi connectivity index (χ4v) is 4.00. The number of nitrogens with zero attached hydrogens (tertiary/aromatic N) is 4. The van der Waals surface area contributed by atoms with E-state index in [9.17, 15) is 0 Å². The lowest BCUT2D eigenvalue weighted by Crippen LogP contribution is -2.39. The molecule has 0 spiro atoms. The van der Waals surface area contributed by atoms with Crippen molar-refractivity contribution in [2.24, 2.45) is 4.99 Å². The average Bonchev–Trinajstić information content (AvgIpc) is 3.58. The number of guanidine groups is 1. The first-order valence-corrected chi connectivity index (χ1v) is 11.2. The normalized spacial score (nSPS) is 15.3. The van der Waals surface area contributed by atoms with Crippen LogP contribution in [0.1, 0.15) is 37.1 Å². The van der Waals surface area contributed by atoms with Gasteiger partial charge in [0, 0.05) is 25.5 Å². The zero-order valence-electron chi connectivity index (χ0n) is 18.6. The van der Waals surface area contributed by atoms with Crippen LogP contribution in [0.15, 0.2) is 70.5 Å². The summed E-state index contributed by atoms with van der Waals surface area (Å²) in [6.07, 6.45) is 8.92. The van der Waals surface area contributed by atoms with Crippen molar-refractivity contribution in [1.82, 2.24) is 25.3 Å². The van der Waals surface area contributed by atoms with Gasteiger partial charge in [0.05, 0.1) is 24.5 Å². The van der Waals surface area contributed by atoms with E-state index in [-0.39, 0.29) is 30.0 Å². The van der Waals surface area contributed by atoms with Gasteiger partial charge in [-0.15, -0.1) is 24.0 Å². The number of likely N-dealkylation sites (tertiary alicyclic amines) is 1. The highest BCUT2D eigenvalue weighted by atomic mass is 127. The molecule has 1 aromatic carbocycles. The van der Waals surface area contributed by atoms with E-state index in [4.69, 9.17) is 9.41 Å². The molecule has 7 nitrogen and oxygen atoms in total. The van der Waals surface area contributed by atoms with Crippen molar-refractivity contribution in [3.8, 4) is 5.69 Å². The maximum Gasteiger partial charge on any atom is 0.191 e. The molecule has 32 heavy (non-hydrogen) atoms. The second-order valence-electron chi connectivity index (χ2n) is 7.79. The monoisotopic (exact) mass is 548 g/mol. The number of rotatable bonds is 9. The standard InChI is InChI=1S/C24H32N6O.HI/c1-2-25-24(27-19-22(23-7-5-18-31-23)29-15-3-4-16-29)26-14-12-20-8-10-21(11-9-20)30-17-6-13-28-30;/h5-11,13,17-18,22H,2-4,12,14-16,19H2,1H3,(H2,25,26,27);1H. The smallest absolute Gasteiger partial charge is 0.191 e. The summed E-state index contributed by atoms with van der Waals surface area (Å²) < 4.78 is 7.59. The molecule has 2 N–H and O–H groups in total. The Balaban J connectivity index is 0.00000289. The van der Waals surface area contributed by atoms with Gasteiger partial charge in [0.1, 0.15) is 5.76 Å². The fraction of sp³-hybridized carbons (Fsp3) is 0.417. The molecule has 3 aromatic rings. The van der Waals surface area contributed by atoms with E-state index in [1.54, 1.807) is 12.5 Å². The van der Waals surface area contributed by atoms with Gasteiger partial charge >= 0.3 is 0 Å². The predicted octanol–water partition coefficient (Wildman–Crippen LogP) is 4.02. The van der Waals surface area contributed by atoms with E-state index in [2.05, 4.69) is 57.9 Å². The zero-order chi connectivity index (χ0) is 21.3. The lowest BCUT2D eigenvalue weighted by Gasteiger charge is -2.24. The number of hydrogen-bond acceptors (Lipinski definition) is 4. The Labute approximate surface area is 207 Å². The Kier molecular flexibility index (Phi) is 9.61. The summed E-state index contributed by atoms with van der Waals surface area (Å²) in [5, 5.41) is 11.1. The van der Waals surface area contributed by atoms with Crippen LogP contribution in [0.25, 0.3) is 5.69 Å². The summed E-state index contributed by atoms with van der Waals surface area (Å²) in [6, 6.07) is 14.7. The van der Waals surface area contributed by atoms with Crippen molar-refractivity contribution < 1.29 is 4.42 Å². The van der Waals surface area contributed by atoms with Crippen molar-refractivity contribution in [1.29, 1.82) is 0 Å². The second-order valence-corrected chi connectivity index (χ2v) is 7.79. The van der Waals surface area contributed by atoms with Crippen molar-refractivity contribution in [2.45, 2.75) is 32.2 Å². The van der Waals surface area contributed by atoms with E-state index in [1.807, 2.05) is 23.0 Å². The number of furan rings is 1. The predicted molar refractivity (Wildman–Crippen MR) is 139 cm³/mol. The highest BCUT2D eigenvalue weighted by molar-refractivity contribution is 14.0. The molecule has 2 aromatic heterocycles. The third-order valence-corrected chi connectivity index (χ3v) is 5.63. The van der Waals surface area contributed by atoms with Crippen LogP contribution in [0.2, 0.25) is 0 Å². The van der Waals surface area contributed by atoms with Crippen LogP contribution in [0.3, 0.4) is 0 Å². The van der Waals surface area contributed by atoms with Gasteiger partial charge in [0.25, 0.3) is 0 Å². The molecule has 3 heterocycles. The lowest BCUT2D eigenvalue weighted by molar-refractivity contribution is 0.221. The number of nitrogens with one attached hydrogen (secondary N) is 2. The summed E-state index contributed by atoms with van der Waals surface area (Å²) in [5.74, 6) is 1.85. The highest BCUT2D eigenvalue weighted by Crippen LogP contribution is 2.25. The summed E-state index contributed by atoms with van der Waals surface area (Å²) in [4.78, 5) is 7.35.